The third kappa shape index (κ3) is 6.36. The van der Waals surface area contributed by atoms with Gasteiger partial charge in [0.15, 0.2) is 5.82 Å². The van der Waals surface area contributed by atoms with Gasteiger partial charge in [-0.25, -0.2) is 4.79 Å². The predicted molar refractivity (Wildman–Crippen MR) is 121 cm³/mol. The van der Waals surface area contributed by atoms with Gasteiger partial charge >= 0.3 is 6.09 Å². The number of aromatic nitrogens is 3. The molecule has 1 N–H and O–H groups in total. The first-order valence-electron chi connectivity index (χ1n) is 9.80. The van der Waals surface area contributed by atoms with Crippen molar-refractivity contribution in [3.63, 3.8) is 0 Å². The summed E-state index contributed by atoms with van der Waals surface area (Å²) in [5.41, 5.74) is 1.26. The summed E-state index contributed by atoms with van der Waals surface area (Å²) < 4.78 is 7.02. The Morgan fingerprint density at radius 1 is 1.23 bits per heavy atom. The van der Waals surface area contributed by atoms with E-state index in [0.717, 1.165) is 47.9 Å². The first-order chi connectivity index (χ1) is 14.2. The first-order valence-corrected chi connectivity index (χ1v) is 11.5. The molecule has 0 saturated heterocycles. The van der Waals surface area contributed by atoms with Gasteiger partial charge in [-0.15, -0.1) is 10.2 Å². The Balaban J connectivity index is 1.51. The second-order valence-electron chi connectivity index (χ2n) is 7.91. The average molecular weight is 470 g/mol. The summed E-state index contributed by atoms with van der Waals surface area (Å²) in [5, 5.41) is 18.0. The highest BCUT2D eigenvalue weighted by Crippen LogP contribution is 2.28. The number of nitrogens with one attached hydrogen (secondary N) is 1. The molecule has 1 aliphatic rings. The third-order valence-corrected chi connectivity index (χ3v) is 5.70. The standard InChI is InChI=1S/C20H25Cl2N5O2S/c1-20(2,3)29-19(28)23-10-6-4-5-7-17-24-25-18-27(17)26-16(12-30-18)14-9-8-13(21)11-15(14)22/h8-9,11H,4-7,10,12H2,1-3H3,(H,23,28). The fourth-order valence-corrected chi connectivity index (χ4v) is 4.23. The minimum Gasteiger partial charge on any atom is -0.444 e. The highest BCUT2D eigenvalue weighted by Gasteiger charge is 2.21. The SMILES string of the molecule is CC(C)(C)OC(=O)NCCCCCc1nnc2n1N=C(c1ccc(Cl)cc1Cl)CS2. The Morgan fingerprint density at radius 3 is 2.77 bits per heavy atom. The maximum atomic E-state index is 11.6. The lowest BCUT2D eigenvalue weighted by Gasteiger charge is -2.19. The van der Waals surface area contributed by atoms with Crippen LogP contribution in [0.25, 0.3) is 0 Å². The summed E-state index contributed by atoms with van der Waals surface area (Å²) in [4.78, 5) is 11.6. The number of nitrogens with zero attached hydrogens (tertiary/aromatic N) is 4. The molecular formula is C20H25Cl2N5O2S. The minimum atomic E-state index is -0.482. The largest absolute Gasteiger partial charge is 0.444 e. The van der Waals surface area contributed by atoms with Crippen molar-refractivity contribution >= 4 is 46.8 Å². The Morgan fingerprint density at radius 2 is 2.03 bits per heavy atom. The molecule has 1 aromatic carbocycles. The van der Waals surface area contributed by atoms with Crippen molar-refractivity contribution < 1.29 is 9.53 Å². The summed E-state index contributed by atoms with van der Waals surface area (Å²) in [6.07, 6.45) is 3.11. The normalized spacial score (nSPS) is 13.6. The van der Waals surface area contributed by atoms with Crippen molar-refractivity contribution in [3.8, 4) is 0 Å². The lowest BCUT2D eigenvalue weighted by atomic mass is 10.1. The lowest BCUT2D eigenvalue weighted by Crippen LogP contribution is -2.32. The molecule has 7 nitrogen and oxygen atoms in total. The molecule has 0 radical (unpaired) electrons. The van der Waals surface area contributed by atoms with Gasteiger partial charge in [-0.1, -0.05) is 47.5 Å². The summed E-state index contributed by atoms with van der Waals surface area (Å²) in [5.74, 6) is 1.50. The second kappa shape index (κ2) is 10.0. The predicted octanol–water partition coefficient (Wildman–Crippen LogP) is 5.18. The number of halogens is 2. The summed E-state index contributed by atoms with van der Waals surface area (Å²) in [6.45, 7) is 6.12. The molecule has 0 unspecified atom stereocenters. The topological polar surface area (TPSA) is 81.4 Å². The maximum absolute atomic E-state index is 11.6. The van der Waals surface area contributed by atoms with Crippen LogP contribution in [0.2, 0.25) is 10.0 Å². The van der Waals surface area contributed by atoms with E-state index in [1.165, 1.54) is 0 Å². The number of thioether (sulfide) groups is 1. The van der Waals surface area contributed by atoms with Gasteiger partial charge in [-0.2, -0.15) is 9.78 Å². The van der Waals surface area contributed by atoms with Crippen molar-refractivity contribution in [2.45, 2.75) is 57.2 Å². The zero-order valence-electron chi connectivity index (χ0n) is 17.2. The molecule has 1 amide bonds. The highest BCUT2D eigenvalue weighted by atomic mass is 35.5. The van der Waals surface area contributed by atoms with E-state index < -0.39 is 5.60 Å². The minimum absolute atomic E-state index is 0.381. The van der Waals surface area contributed by atoms with Crippen LogP contribution in [0.3, 0.4) is 0 Å². The van der Waals surface area contributed by atoms with Gasteiger partial charge in [0.25, 0.3) is 0 Å². The molecule has 0 fully saturated rings. The molecule has 162 valence electrons. The molecule has 0 bridgehead atoms. The molecule has 0 aliphatic carbocycles. The number of ether oxygens (including phenoxy) is 1. The van der Waals surface area contributed by atoms with Gasteiger partial charge in [-0.05, 0) is 45.7 Å². The van der Waals surface area contributed by atoms with Crippen LogP contribution < -0.4 is 5.32 Å². The van der Waals surface area contributed by atoms with Crippen molar-refractivity contribution in [2.24, 2.45) is 5.10 Å². The Hall–Kier alpha value is -1.77. The Kier molecular flexibility index (Phi) is 7.65. The number of carbonyl (C=O) groups excluding carboxylic acids is 1. The third-order valence-electron chi connectivity index (χ3n) is 4.22. The van der Waals surface area contributed by atoms with E-state index in [1.54, 1.807) is 22.5 Å². The van der Waals surface area contributed by atoms with Crippen molar-refractivity contribution in [3.05, 3.63) is 39.6 Å². The van der Waals surface area contributed by atoms with Gasteiger partial charge in [0.05, 0.1) is 10.7 Å². The molecule has 1 aliphatic heterocycles. The number of aryl methyl sites for hydroxylation is 1. The van der Waals surface area contributed by atoms with Crippen LogP contribution in [-0.4, -0.2) is 44.6 Å². The number of rotatable bonds is 7. The van der Waals surface area contributed by atoms with Crippen LogP contribution in [-0.2, 0) is 11.2 Å². The second-order valence-corrected chi connectivity index (χ2v) is 9.70. The van der Waals surface area contributed by atoms with Crippen LogP contribution in [0.15, 0.2) is 28.5 Å². The number of benzene rings is 1. The summed E-state index contributed by atoms with van der Waals surface area (Å²) in [6, 6.07) is 5.42. The molecule has 2 aromatic rings. The zero-order valence-corrected chi connectivity index (χ0v) is 19.6. The van der Waals surface area contributed by atoms with Gasteiger partial charge in [0.1, 0.15) is 5.60 Å². The summed E-state index contributed by atoms with van der Waals surface area (Å²) in [7, 11) is 0. The molecule has 3 rings (SSSR count). The number of hydrogen-bond donors (Lipinski definition) is 1. The fraction of sp³-hybridized carbons (Fsp3) is 0.500. The van der Waals surface area contributed by atoms with E-state index in [2.05, 4.69) is 15.5 Å². The average Bonchev–Trinajstić information content (AvgIpc) is 3.05. The van der Waals surface area contributed by atoms with Gasteiger partial charge in [0.2, 0.25) is 5.16 Å². The smallest absolute Gasteiger partial charge is 0.407 e. The van der Waals surface area contributed by atoms with Crippen LogP contribution in [0.1, 0.15) is 51.4 Å². The van der Waals surface area contributed by atoms with Crippen LogP contribution in [0.4, 0.5) is 4.79 Å². The van der Waals surface area contributed by atoms with E-state index in [4.69, 9.17) is 33.0 Å². The van der Waals surface area contributed by atoms with E-state index >= 15 is 0 Å². The quantitative estimate of drug-likeness (QED) is 0.564. The Labute approximate surface area is 190 Å². The van der Waals surface area contributed by atoms with Gasteiger partial charge < -0.3 is 10.1 Å². The number of amides is 1. The maximum Gasteiger partial charge on any atom is 0.407 e. The van der Waals surface area contributed by atoms with Crippen molar-refractivity contribution in [1.29, 1.82) is 0 Å². The number of fused-ring (bicyclic) bond motifs is 1. The molecule has 2 heterocycles. The summed E-state index contributed by atoms with van der Waals surface area (Å²) >= 11 is 13.9. The number of unbranched alkanes of at least 4 members (excludes halogenated alkanes) is 2. The molecule has 10 heteroatoms. The molecule has 0 spiro atoms. The highest BCUT2D eigenvalue weighted by molar-refractivity contribution is 7.99. The van der Waals surface area contributed by atoms with E-state index in [0.29, 0.717) is 22.3 Å². The number of hydrogen-bond acceptors (Lipinski definition) is 6. The molecule has 1 aromatic heterocycles. The van der Waals surface area contributed by atoms with E-state index in [9.17, 15) is 4.79 Å². The number of carbonyl (C=O) groups is 1. The van der Waals surface area contributed by atoms with Crippen LogP contribution in [0, 0.1) is 0 Å². The van der Waals surface area contributed by atoms with Crippen molar-refractivity contribution in [1.82, 2.24) is 20.2 Å². The number of alkyl carbamates (subject to hydrolysis) is 1. The molecular weight excluding hydrogens is 445 g/mol. The molecule has 30 heavy (non-hydrogen) atoms. The van der Waals surface area contributed by atoms with Crippen LogP contribution in [0.5, 0.6) is 0 Å². The van der Waals surface area contributed by atoms with Crippen molar-refractivity contribution in [2.75, 3.05) is 12.3 Å². The van der Waals surface area contributed by atoms with E-state index in [1.807, 2.05) is 32.9 Å². The first kappa shape index (κ1) is 22.9. The zero-order chi connectivity index (χ0) is 21.7. The van der Waals surface area contributed by atoms with Gasteiger partial charge in [-0.3, -0.25) is 0 Å². The van der Waals surface area contributed by atoms with E-state index in [-0.39, 0.29) is 6.09 Å². The lowest BCUT2D eigenvalue weighted by molar-refractivity contribution is 0.0527. The molecule has 0 atom stereocenters. The fourth-order valence-electron chi connectivity index (χ4n) is 2.87. The molecule has 0 saturated carbocycles. The Bertz CT molecular complexity index is 940. The monoisotopic (exact) mass is 469 g/mol. The van der Waals surface area contributed by atoms with Gasteiger partial charge in [0, 0.05) is 29.3 Å². The van der Waals surface area contributed by atoms with Crippen LogP contribution >= 0.6 is 35.0 Å².